The first kappa shape index (κ1) is 13.9. The number of hydrogen-bond donors (Lipinski definition) is 3. The molecule has 0 fully saturated rings. The number of nitrogens with zero attached hydrogens (tertiary/aromatic N) is 1. The van der Waals surface area contributed by atoms with Crippen LogP contribution in [0.4, 0.5) is 11.4 Å². The van der Waals surface area contributed by atoms with E-state index in [1.54, 1.807) is 18.2 Å². The molecule has 2 aromatic rings. The van der Waals surface area contributed by atoms with Crippen LogP contribution in [0.25, 0.3) is 0 Å². The van der Waals surface area contributed by atoms with Gasteiger partial charge in [-0.15, -0.1) is 0 Å². The van der Waals surface area contributed by atoms with E-state index in [1.807, 2.05) is 37.3 Å². The summed E-state index contributed by atoms with van der Waals surface area (Å²) in [6.07, 6.45) is 0. The van der Waals surface area contributed by atoms with E-state index in [-0.39, 0.29) is 6.61 Å². The predicted molar refractivity (Wildman–Crippen MR) is 80.1 cm³/mol. The van der Waals surface area contributed by atoms with Crippen molar-refractivity contribution < 1.29 is 5.11 Å². The highest BCUT2D eigenvalue weighted by atomic mass is 16.3. The van der Waals surface area contributed by atoms with Crippen molar-refractivity contribution in [3.05, 3.63) is 59.7 Å². The number of hydrogen-bond acceptors (Lipinski definition) is 4. The van der Waals surface area contributed by atoms with Crippen molar-refractivity contribution in [2.24, 2.45) is 0 Å². The molecule has 102 valence electrons. The summed E-state index contributed by atoms with van der Waals surface area (Å²) < 4.78 is 0. The smallest absolute Gasteiger partial charge is 0.101 e. The summed E-state index contributed by atoms with van der Waals surface area (Å²) in [6, 6.07) is 16.9. The van der Waals surface area contributed by atoms with E-state index in [0.29, 0.717) is 11.3 Å². The molecular formula is C16H17N3O. The standard InChI is InChI=1S/C16H17N3O/c1-16(11-20,13-5-3-2-4-6-13)19-14-7-8-15(18)12(9-14)10-17/h2-9,19-20H,11,18H2,1H3. The van der Waals surface area contributed by atoms with Crippen molar-refractivity contribution in [3.8, 4) is 6.07 Å². The van der Waals surface area contributed by atoms with Crippen LogP contribution in [0.3, 0.4) is 0 Å². The number of anilines is 2. The molecule has 2 aromatic carbocycles. The molecular weight excluding hydrogens is 250 g/mol. The van der Waals surface area contributed by atoms with Crippen molar-refractivity contribution in [2.75, 3.05) is 17.7 Å². The summed E-state index contributed by atoms with van der Waals surface area (Å²) in [6.45, 7) is 1.84. The summed E-state index contributed by atoms with van der Waals surface area (Å²) in [7, 11) is 0. The van der Waals surface area contributed by atoms with Gasteiger partial charge in [-0.25, -0.2) is 0 Å². The van der Waals surface area contributed by atoms with Gasteiger partial charge in [-0.3, -0.25) is 0 Å². The average molecular weight is 267 g/mol. The van der Waals surface area contributed by atoms with Crippen molar-refractivity contribution in [1.82, 2.24) is 0 Å². The number of nitrogens with two attached hydrogens (primary N) is 1. The van der Waals surface area contributed by atoms with Crippen LogP contribution < -0.4 is 11.1 Å². The van der Waals surface area contributed by atoms with Gasteiger partial charge in [-0.05, 0) is 30.7 Å². The second-order valence-corrected chi connectivity index (χ2v) is 4.90. The fraction of sp³-hybridized carbons (Fsp3) is 0.188. The molecule has 1 atom stereocenters. The first-order valence-electron chi connectivity index (χ1n) is 6.33. The number of nitriles is 1. The van der Waals surface area contributed by atoms with E-state index in [2.05, 4.69) is 11.4 Å². The second kappa shape index (κ2) is 5.64. The number of nitrogens with one attached hydrogen (secondary N) is 1. The Labute approximate surface area is 118 Å². The molecule has 4 N–H and O–H groups in total. The summed E-state index contributed by atoms with van der Waals surface area (Å²) in [5.74, 6) is 0. The third-order valence-electron chi connectivity index (χ3n) is 3.32. The first-order valence-corrected chi connectivity index (χ1v) is 6.33. The highest BCUT2D eigenvalue weighted by molar-refractivity contribution is 5.62. The van der Waals surface area contributed by atoms with Gasteiger partial charge in [0.2, 0.25) is 0 Å². The maximum absolute atomic E-state index is 9.73. The SMILES string of the molecule is CC(CO)(Nc1ccc(N)c(C#N)c1)c1ccccc1. The lowest BCUT2D eigenvalue weighted by molar-refractivity contribution is 0.224. The molecule has 0 aliphatic heterocycles. The third-order valence-corrected chi connectivity index (χ3v) is 3.32. The van der Waals surface area contributed by atoms with Crippen LogP contribution in [-0.2, 0) is 5.54 Å². The van der Waals surface area contributed by atoms with Crippen LogP contribution in [0.1, 0.15) is 18.1 Å². The number of rotatable bonds is 4. The van der Waals surface area contributed by atoms with Gasteiger partial charge in [0.05, 0.1) is 17.7 Å². The molecule has 0 aliphatic rings. The van der Waals surface area contributed by atoms with Crippen LogP contribution in [0, 0.1) is 11.3 Å². The second-order valence-electron chi connectivity index (χ2n) is 4.90. The summed E-state index contributed by atoms with van der Waals surface area (Å²) in [5, 5.41) is 22.0. The molecule has 0 saturated carbocycles. The van der Waals surface area contributed by atoms with Crippen LogP contribution >= 0.6 is 0 Å². The highest BCUT2D eigenvalue weighted by Crippen LogP contribution is 2.27. The molecule has 4 nitrogen and oxygen atoms in total. The zero-order chi connectivity index (χ0) is 14.6. The maximum Gasteiger partial charge on any atom is 0.101 e. The van der Waals surface area contributed by atoms with Gasteiger partial charge >= 0.3 is 0 Å². The molecule has 0 radical (unpaired) electrons. The molecule has 0 bridgehead atoms. The van der Waals surface area contributed by atoms with E-state index >= 15 is 0 Å². The Kier molecular flexibility index (Phi) is 3.92. The molecule has 0 spiro atoms. The zero-order valence-corrected chi connectivity index (χ0v) is 11.3. The Balaban J connectivity index is 2.34. The largest absolute Gasteiger partial charge is 0.398 e. The van der Waals surface area contributed by atoms with Gasteiger partial charge in [0, 0.05) is 11.4 Å². The number of benzene rings is 2. The van der Waals surface area contributed by atoms with E-state index in [1.165, 1.54) is 0 Å². The molecule has 0 aliphatic carbocycles. The van der Waals surface area contributed by atoms with E-state index in [9.17, 15) is 5.11 Å². The monoisotopic (exact) mass is 267 g/mol. The summed E-state index contributed by atoms with van der Waals surface area (Å²) in [5.41, 5.74) is 7.67. The van der Waals surface area contributed by atoms with Gasteiger partial charge in [-0.2, -0.15) is 5.26 Å². The summed E-state index contributed by atoms with van der Waals surface area (Å²) in [4.78, 5) is 0. The van der Waals surface area contributed by atoms with Gasteiger partial charge in [0.25, 0.3) is 0 Å². The van der Waals surface area contributed by atoms with Gasteiger partial charge in [0.15, 0.2) is 0 Å². The van der Waals surface area contributed by atoms with Crippen molar-refractivity contribution in [1.29, 1.82) is 5.26 Å². The van der Waals surface area contributed by atoms with Crippen molar-refractivity contribution in [2.45, 2.75) is 12.5 Å². The zero-order valence-electron chi connectivity index (χ0n) is 11.3. The minimum absolute atomic E-state index is 0.0662. The average Bonchev–Trinajstić information content (AvgIpc) is 2.50. The molecule has 0 amide bonds. The van der Waals surface area contributed by atoms with Crippen LogP contribution in [0.5, 0.6) is 0 Å². The van der Waals surface area contributed by atoms with Crippen molar-refractivity contribution in [3.63, 3.8) is 0 Å². The van der Waals surface area contributed by atoms with E-state index < -0.39 is 5.54 Å². The molecule has 1 unspecified atom stereocenters. The number of aliphatic hydroxyl groups excluding tert-OH is 1. The lowest BCUT2D eigenvalue weighted by Gasteiger charge is -2.30. The van der Waals surface area contributed by atoms with Crippen LogP contribution in [-0.4, -0.2) is 11.7 Å². The first-order chi connectivity index (χ1) is 9.59. The lowest BCUT2D eigenvalue weighted by Crippen LogP contribution is -2.35. The third kappa shape index (κ3) is 2.73. The Morgan fingerprint density at radius 2 is 1.95 bits per heavy atom. The lowest BCUT2D eigenvalue weighted by atomic mass is 9.92. The number of aliphatic hydroxyl groups is 1. The minimum Gasteiger partial charge on any atom is -0.398 e. The Hall–Kier alpha value is -2.51. The van der Waals surface area contributed by atoms with Gasteiger partial charge < -0.3 is 16.2 Å². The Morgan fingerprint density at radius 3 is 2.55 bits per heavy atom. The molecule has 4 heteroatoms. The molecule has 2 rings (SSSR count). The van der Waals surface area contributed by atoms with Gasteiger partial charge in [-0.1, -0.05) is 30.3 Å². The van der Waals surface area contributed by atoms with Crippen molar-refractivity contribution >= 4 is 11.4 Å². The molecule has 0 aromatic heterocycles. The van der Waals surface area contributed by atoms with Crippen LogP contribution in [0.2, 0.25) is 0 Å². The van der Waals surface area contributed by atoms with Gasteiger partial charge in [0.1, 0.15) is 6.07 Å². The topological polar surface area (TPSA) is 82.1 Å². The van der Waals surface area contributed by atoms with E-state index in [0.717, 1.165) is 11.3 Å². The highest BCUT2D eigenvalue weighted by Gasteiger charge is 2.25. The minimum atomic E-state index is -0.621. The molecule has 0 heterocycles. The Morgan fingerprint density at radius 1 is 1.25 bits per heavy atom. The fourth-order valence-electron chi connectivity index (χ4n) is 2.06. The molecule has 20 heavy (non-hydrogen) atoms. The molecule has 0 saturated heterocycles. The quantitative estimate of drug-likeness (QED) is 0.743. The van der Waals surface area contributed by atoms with Crippen LogP contribution in [0.15, 0.2) is 48.5 Å². The summed E-state index contributed by atoms with van der Waals surface area (Å²) >= 11 is 0. The normalized spacial score (nSPS) is 13.2. The number of nitrogen functional groups attached to an aromatic ring is 1. The fourth-order valence-corrected chi connectivity index (χ4v) is 2.06. The van der Waals surface area contributed by atoms with E-state index in [4.69, 9.17) is 11.0 Å². The predicted octanol–water partition coefficient (Wildman–Crippen LogP) is 2.46. The maximum atomic E-state index is 9.73. The Bertz CT molecular complexity index is 634.